The number of hydrogen-bond donors (Lipinski definition) is 1. The van der Waals surface area contributed by atoms with E-state index >= 15 is 0 Å². The Morgan fingerprint density at radius 3 is 3.00 bits per heavy atom. The summed E-state index contributed by atoms with van der Waals surface area (Å²) in [7, 11) is 0. The predicted molar refractivity (Wildman–Crippen MR) is 58.1 cm³/mol. The molecule has 0 amide bonds. The van der Waals surface area contributed by atoms with Crippen LogP contribution in [-0.2, 0) is 6.42 Å². The van der Waals surface area contributed by atoms with Crippen molar-refractivity contribution in [1.29, 1.82) is 0 Å². The van der Waals surface area contributed by atoms with E-state index in [9.17, 15) is 0 Å². The van der Waals surface area contributed by atoms with Crippen LogP contribution in [0.15, 0.2) is 23.1 Å². The second-order valence-electron chi connectivity index (χ2n) is 3.77. The fraction of sp³-hybridized carbons (Fsp3) is 0.455. The number of fused-ring (bicyclic) bond motifs is 1. The molecule has 0 atom stereocenters. The SMILES string of the molecule is CC(C)c1ccc2c(c1)SNCC2. The Labute approximate surface area is 84.1 Å². The summed E-state index contributed by atoms with van der Waals surface area (Å²) in [6, 6.07) is 6.85. The van der Waals surface area contributed by atoms with E-state index in [-0.39, 0.29) is 0 Å². The average Bonchev–Trinajstić information content (AvgIpc) is 2.17. The van der Waals surface area contributed by atoms with Gasteiger partial charge in [0.2, 0.25) is 0 Å². The van der Waals surface area contributed by atoms with E-state index < -0.39 is 0 Å². The maximum Gasteiger partial charge on any atom is 0.0263 e. The highest BCUT2D eigenvalue weighted by atomic mass is 32.2. The molecule has 1 heterocycles. The molecule has 0 aromatic heterocycles. The first-order valence-electron chi connectivity index (χ1n) is 4.80. The Morgan fingerprint density at radius 2 is 2.23 bits per heavy atom. The number of nitrogens with one attached hydrogen (secondary N) is 1. The Balaban J connectivity index is 2.35. The van der Waals surface area contributed by atoms with E-state index in [0.717, 1.165) is 6.54 Å². The summed E-state index contributed by atoms with van der Waals surface area (Å²) in [5.41, 5.74) is 2.93. The fourth-order valence-electron chi connectivity index (χ4n) is 1.55. The standard InChI is InChI=1S/C11H15NS/c1-8(2)10-4-3-9-5-6-12-13-11(9)7-10/h3-4,7-8,12H,5-6H2,1-2H3. The van der Waals surface area contributed by atoms with Crippen molar-refractivity contribution in [3.63, 3.8) is 0 Å². The van der Waals surface area contributed by atoms with Crippen molar-refractivity contribution in [1.82, 2.24) is 4.72 Å². The van der Waals surface area contributed by atoms with Gasteiger partial charge in [0.25, 0.3) is 0 Å². The van der Waals surface area contributed by atoms with Crippen LogP contribution in [0.5, 0.6) is 0 Å². The fourth-order valence-corrected chi connectivity index (χ4v) is 2.40. The molecule has 0 saturated heterocycles. The summed E-state index contributed by atoms with van der Waals surface area (Å²) < 4.78 is 3.32. The molecule has 0 unspecified atom stereocenters. The van der Waals surface area contributed by atoms with Crippen molar-refractivity contribution >= 4 is 11.9 Å². The maximum absolute atomic E-state index is 3.32. The minimum Gasteiger partial charge on any atom is -0.260 e. The number of hydrogen-bond acceptors (Lipinski definition) is 2. The van der Waals surface area contributed by atoms with Crippen molar-refractivity contribution in [2.45, 2.75) is 31.1 Å². The van der Waals surface area contributed by atoms with Crippen LogP contribution in [0.2, 0.25) is 0 Å². The van der Waals surface area contributed by atoms with Crippen molar-refractivity contribution in [3.05, 3.63) is 29.3 Å². The zero-order chi connectivity index (χ0) is 9.26. The zero-order valence-corrected chi connectivity index (χ0v) is 8.95. The second kappa shape index (κ2) is 3.72. The Hall–Kier alpha value is -0.470. The molecule has 13 heavy (non-hydrogen) atoms. The first-order valence-corrected chi connectivity index (χ1v) is 5.61. The highest BCUT2D eigenvalue weighted by Crippen LogP contribution is 2.28. The normalized spacial score (nSPS) is 15.9. The lowest BCUT2D eigenvalue weighted by Crippen LogP contribution is -2.14. The van der Waals surface area contributed by atoms with Gasteiger partial charge in [-0.3, -0.25) is 4.72 Å². The lowest BCUT2D eigenvalue weighted by Gasteiger charge is -2.17. The van der Waals surface area contributed by atoms with Gasteiger partial charge in [-0.25, -0.2) is 0 Å². The lowest BCUT2D eigenvalue weighted by atomic mass is 10.0. The van der Waals surface area contributed by atoms with Crippen LogP contribution in [0.1, 0.15) is 30.9 Å². The van der Waals surface area contributed by atoms with Gasteiger partial charge in [0.05, 0.1) is 0 Å². The zero-order valence-electron chi connectivity index (χ0n) is 8.13. The molecule has 0 aliphatic carbocycles. The summed E-state index contributed by atoms with van der Waals surface area (Å²) >= 11 is 1.77. The van der Waals surface area contributed by atoms with Gasteiger partial charge < -0.3 is 0 Å². The van der Waals surface area contributed by atoms with Crippen molar-refractivity contribution < 1.29 is 0 Å². The minimum atomic E-state index is 0.632. The number of rotatable bonds is 1. The molecule has 0 spiro atoms. The van der Waals surface area contributed by atoms with E-state index in [1.807, 2.05) is 0 Å². The molecular weight excluding hydrogens is 178 g/mol. The highest BCUT2D eigenvalue weighted by molar-refractivity contribution is 7.97. The van der Waals surface area contributed by atoms with Gasteiger partial charge in [0, 0.05) is 11.4 Å². The van der Waals surface area contributed by atoms with Crippen LogP contribution in [0.25, 0.3) is 0 Å². The third-order valence-electron chi connectivity index (χ3n) is 2.44. The molecule has 70 valence electrons. The van der Waals surface area contributed by atoms with E-state index in [0.29, 0.717) is 5.92 Å². The van der Waals surface area contributed by atoms with Crippen molar-refractivity contribution in [2.24, 2.45) is 0 Å². The molecule has 0 saturated carbocycles. The molecule has 1 N–H and O–H groups in total. The van der Waals surface area contributed by atoms with Crippen LogP contribution in [0.4, 0.5) is 0 Å². The van der Waals surface area contributed by atoms with Gasteiger partial charge in [-0.05, 0) is 41.5 Å². The van der Waals surface area contributed by atoms with E-state index in [4.69, 9.17) is 0 Å². The molecule has 1 aromatic carbocycles. The van der Waals surface area contributed by atoms with E-state index in [1.165, 1.54) is 22.4 Å². The van der Waals surface area contributed by atoms with Gasteiger partial charge in [-0.1, -0.05) is 26.0 Å². The summed E-state index contributed by atoms with van der Waals surface area (Å²) in [5.74, 6) is 0.632. The lowest BCUT2D eigenvalue weighted by molar-refractivity contribution is 0.834. The molecule has 2 rings (SSSR count). The van der Waals surface area contributed by atoms with Gasteiger partial charge in [0.15, 0.2) is 0 Å². The Bertz CT molecular complexity index is 307. The van der Waals surface area contributed by atoms with E-state index in [1.54, 1.807) is 11.9 Å². The first kappa shape index (κ1) is 9.10. The van der Waals surface area contributed by atoms with Crippen molar-refractivity contribution in [3.8, 4) is 0 Å². The van der Waals surface area contributed by atoms with Crippen LogP contribution in [-0.4, -0.2) is 6.54 Å². The number of benzene rings is 1. The summed E-state index contributed by atoms with van der Waals surface area (Å²) in [6.45, 7) is 5.57. The average molecular weight is 193 g/mol. The molecule has 1 nitrogen and oxygen atoms in total. The van der Waals surface area contributed by atoms with Gasteiger partial charge in [-0.15, -0.1) is 0 Å². The molecule has 1 aliphatic rings. The summed E-state index contributed by atoms with van der Waals surface area (Å²) in [6.07, 6.45) is 1.17. The molecule has 2 heteroatoms. The third kappa shape index (κ3) is 1.89. The molecule has 0 radical (unpaired) electrons. The Morgan fingerprint density at radius 1 is 1.38 bits per heavy atom. The van der Waals surface area contributed by atoms with Crippen molar-refractivity contribution in [2.75, 3.05) is 6.54 Å². The highest BCUT2D eigenvalue weighted by Gasteiger charge is 2.10. The third-order valence-corrected chi connectivity index (χ3v) is 3.38. The molecule has 0 bridgehead atoms. The molecule has 1 aromatic rings. The predicted octanol–water partition coefficient (Wildman–Crippen LogP) is 2.96. The molecular formula is C11H15NS. The smallest absolute Gasteiger partial charge is 0.0263 e. The molecule has 0 fully saturated rings. The van der Waals surface area contributed by atoms with E-state index in [2.05, 4.69) is 36.8 Å². The van der Waals surface area contributed by atoms with Gasteiger partial charge in [-0.2, -0.15) is 0 Å². The van der Waals surface area contributed by atoms with Gasteiger partial charge >= 0.3 is 0 Å². The molecule has 1 aliphatic heterocycles. The van der Waals surface area contributed by atoms with Crippen LogP contribution in [0.3, 0.4) is 0 Å². The maximum atomic E-state index is 3.32. The van der Waals surface area contributed by atoms with Crippen LogP contribution < -0.4 is 4.72 Å². The second-order valence-corrected chi connectivity index (χ2v) is 4.70. The Kier molecular flexibility index (Phi) is 2.61. The topological polar surface area (TPSA) is 12.0 Å². The summed E-state index contributed by atoms with van der Waals surface area (Å²) in [5, 5.41) is 0. The minimum absolute atomic E-state index is 0.632. The first-order chi connectivity index (χ1) is 6.27. The van der Waals surface area contributed by atoms with Crippen LogP contribution in [0, 0.1) is 0 Å². The largest absolute Gasteiger partial charge is 0.260 e. The van der Waals surface area contributed by atoms with Crippen LogP contribution >= 0.6 is 11.9 Å². The quantitative estimate of drug-likeness (QED) is 0.688. The monoisotopic (exact) mass is 193 g/mol. The summed E-state index contributed by atoms with van der Waals surface area (Å²) in [4.78, 5) is 1.41. The van der Waals surface area contributed by atoms with Gasteiger partial charge in [0.1, 0.15) is 0 Å².